The molecule has 17 N–H and O–H groups in total. The van der Waals surface area contributed by atoms with E-state index in [0.717, 1.165) is 13.8 Å². The Morgan fingerprint density at radius 1 is 0.557 bits per heavy atom. The van der Waals surface area contributed by atoms with Crippen LogP contribution in [0.15, 0.2) is 0 Å². The van der Waals surface area contributed by atoms with E-state index in [1.165, 1.54) is 6.92 Å². The van der Waals surface area contributed by atoms with Gasteiger partial charge in [0.05, 0.1) is 45.2 Å². The maximum absolute atomic E-state index is 12.4. The van der Waals surface area contributed by atoms with Crippen molar-refractivity contribution in [2.24, 2.45) is 0 Å². The van der Waals surface area contributed by atoms with E-state index in [1.807, 2.05) is 0 Å². The van der Waals surface area contributed by atoms with E-state index >= 15 is 0 Å². The van der Waals surface area contributed by atoms with Gasteiger partial charge in [-0.1, -0.05) is 0 Å². The molecule has 4 aliphatic heterocycles. The van der Waals surface area contributed by atoms with Crippen LogP contribution in [0.4, 0.5) is 0 Å². The molecular formula is C34H60N2O25. The van der Waals surface area contributed by atoms with E-state index in [4.69, 9.17) is 37.9 Å². The Balaban J connectivity index is 1.58. The molecule has 0 aromatic heterocycles. The van der Waals surface area contributed by atoms with Gasteiger partial charge in [0.2, 0.25) is 11.8 Å². The Hall–Kier alpha value is -1.98. The Kier molecular flexibility index (Phi) is 19.3. The summed E-state index contributed by atoms with van der Waals surface area (Å²) in [5, 5.41) is 163. The van der Waals surface area contributed by atoms with Crippen LogP contribution in [0.25, 0.3) is 0 Å². The van der Waals surface area contributed by atoms with Gasteiger partial charge in [0.15, 0.2) is 25.2 Å². The normalized spacial score (nSPS) is 44.1. The van der Waals surface area contributed by atoms with Crippen LogP contribution in [0.1, 0.15) is 20.8 Å². The molecule has 0 aromatic carbocycles. The zero-order valence-electron chi connectivity index (χ0n) is 33.2. The van der Waals surface area contributed by atoms with Crippen molar-refractivity contribution >= 4 is 11.8 Å². The number of aliphatic hydroxyl groups is 15. The van der Waals surface area contributed by atoms with Gasteiger partial charge in [-0.2, -0.15) is 0 Å². The Bertz CT molecular complexity index is 1370. The lowest BCUT2D eigenvalue weighted by Gasteiger charge is -2.50. The van der Waals surface area contributed by atoms with Crippen molar-refractivity contribution in [2.45, 2.75) is 168 Å². The molecule has 27 heteroatoms. The Labute approximate surface area is 347 Å². The predicted octanol–water partition coefficient (Wildman–Crippen LogP) is -11.0. The SMILES string of the molecule is CC(=O)N[C@H]1[C@H](O[C@H]2[C@@H](O)[C@@H](CO)O[C@@H](O[C@@H]3[C@H](O)[C@@H](O)[C@H](O[C@@H]([C@@H](O)[C@H](O)CO)[C@H](CO)NC(C)=O)O[C@@H]3CO)[C@@H]2O)O[C@H](CO)[C@H](O)[C@@H]1O[C@@H]1O[C@H](C)[C@@H](O)[C@@H](O)[C@@H]1O. The molecule has 0 spiro atoms. The van der Waals surface area contributed by atoms with E-state index in [1.54, 1.807) is 0 Å². The first-order chi connectivity index (χ1) is 28.7. The topological polar surface area (TPSA) is 435 Å². The number of carbonyl (C=O) groups is 2. The maximum atomic E-state index is 12.4. The van der Waals surface area contributed by atoms with Crippen molar-refractivity contribution in [1.82, 2.24) is 10.6 Å². The van der Waals surface area contributed by atoms with Gasteiger partial charge in [-0.25, -0.2) is 0 Å². The van der Waals surface area contributed by atoms with Crippen molar-refractivity contribution < 1.29 is 124 Å². The lowest BCUT2D eigenvalue weighted by molar-refractivity contribution is -0.383. The largest absolute Gasteiger partial charge is 0.394 e. The van der Waals surface area contributed by atoms with Crippen LogP contribution in [-0.4, -0.2) is 269 Å². The molecule has 0 bridgehead atoms. The third-order valence-electron chi connectivity index (χ3n) is 10.7. The van der Waals surface area contributed by atoms with E-state index < -0.39 is 192 Å². The second kappa shape index (κ2) is 22.8. The van der Waals surface area contributed by atoms with Crippen molar-refractivity contribution in [3.63, 3.8) is 0 Å². The summed E-state index contributed by atoms with van der Waals surface area (Å²) in [6.45, 7) is -1.39. The summed E-state index contributed by atoms with van der Waals surface area (Å²) in [6, 6.07) is -3.11. The third-order valence-corrected chi connectivity index (χ3v) is 10.7. The highest BCUT2D eigenvalue weighted by Crippen LogP contribution is 2.35. The fourth-order valence-corrected chi connectivity index (χ4v) is 7.37. The van der Waals surface area contributed by atoms with Gasteiger partial charge in [0.1, 0.15) is 110 Å². The predicted molar refractivity (Wildman–Crippen MR) is 191 cm³/mol. The molecule has 4 aliphatic rings. The highest BCUT2D eigenvalue weighted by atomic mass is 16.8. The van der Waals surface area contributed by atoms with Gasteiger partial charge in [-0.05, 0) is 6.92 Å². The smallest absolute Gasteiger partial charge is 0.217 e. The van der Waals surface area contributed by atoms with E-state index in [2.05, 4.69) is 10.6 Å². The summed E-state index contributed by atoms with van der Waals surface area (Å²) in [5.41, 5.74) is 0. The van der Waals surface area contributed by atoms with Crippen LogP contribution in [0.3, 0.4) is 0 Å². The third kappa shape index (κ3) is 11.8. The molecule has 4 rings (SSSR count). The molecule has 0 unspecified atom stereocenters. The number of hydrogen-bond donors (Lipinski definition) is 17. The molecule has 4 heterocycles. The Morgan fingerprint density at radius 2 is 1.07 bits per heavy atom. The molecule has 0 radical (unpaired) electrons. The van der Waals surface area contributed by atoms with Crippen molar-refractivity contribution in [1.29, 1.82) is 0 Å². The van der Waals surface area contributed by atoms with Gasteiger partial charge in [-0.15, -0.1) is 0 Å². The quantitative estimate of drug-likeness (QED) is 0.0607. The van der Waals surface area contributed by atoms with Gasteiger partial charge in [0, 0.05) is 13.8 Å². The second-order valence-corrected chi connectivity index (χ2v) is 15.2. The molecular weight excluding hydrogens is 836 g/mol. The summed E-state index contributed by atoms with van der Waals surface area (Å²) in [7, 11) is 0. The lowest BCUT2D eigenvalue weighted by atomic mass is 9.94. The summed E-state index contributed by atoms with van der Waals surface area (Å²) in [4.78, 5) is 24.2. The molecule has 61 heavy (non-hydrogen) atoms. The van der Waals surface area contributed by atoms with Gasteiger partial charge in [0.25, 0.3) is 0 Å². The van der Waals surface area contributed by atoms with Crippen LogP contribution >= 0.6 is 0 Å². The molecule has 27 nitrogen and oxygen atoms in total. The number of amides is 2. The van der Waals surface area contributed by atoms with Crippen LogP contribution in [-0.2, 0) is 47.5 Å². The van der Waals surface area contributed by atoms with Crippen LogP contribution < -0.4 is 10.6 Å². The zero-order chi connectivity index (χ0) is 45.6. The fraction of sp³-hybridized carbons (Fsp3) is 0.941. The molecule has 0 saturated carbocycles. The number of aliphatic hydroxyl groups excluding tert-OH is 15. The van der Waals surface area contributed by atoms with E-state index in [9.17, 15) is 86.2 Å². The van der Waals surface area contributed by atoms with Gasteiger partial charge < -0.3 is 125 Å². The number of rotatable bonds is 18. The summed E-state index contributed by atoms with van der Waals surface area (Å²) < 4.78 is 45.5. The summed E-state index contributed by atoms with van der Waals surface area (Å²) in [6.07, 6.45) is -40.4. The molecule has 2 amide bonds. The monoisotopic (exact) mass is 896 g/mol. The maximum Gasteiger partial charge on any atom is 0.217 e. The fourth-order valence-electron chi connectivity index (χ4n) is 7.37. The summed E-state index contributed by atoms with van der Waals surface area (Å²) >= 11 is 0. The number of carbonyl (C=O) groups excluding carboxylic acids is 2. The molecule has 0 aromatic rings. The van der Waals surface area contributed by atoms with E-state index in [-0.39, 0.29) is 0 Å². The molecule has 4 fully saturated rings. The van der Waals surface area contributed by atoms with E-state index in [0.29, 0.717) is 0 Å². The molecule has 24 atom stereocenters. The molecule has 356 valence electrons. The minimum Gasteiger partial charge on any atom is -0.394 e. The van der Waals surface area contributed by atoms with Gasteiger partial charge >= 0.3 is 0 Å². The van der Waals surface area contributed by atoms with Crippen molar-refractivity contribution in [3.8, 4) is 0 Å². The standard InChI is InChI=1S/C34H60N2O25/c1-9-18(45)22(49)24(51)32(54-9)60-29-17(36-11(3)43)31(55-14(6-39)20(29)47)61-30-21(48)15(7-40)56-34(26(30)53)59-28-16(8-41)57-33(25(52)23(28)50)58-27(19(46)13(44)5-38)12(4-37)35-10(2)42/h9,12-34,37-41,44-53H,4-8H2,1-3H3,(H,35,42)(H,36,43)/t9-,12+,13-,14-,15-,16-,17-,18-,19+,20+,21+,22-,23-,24+,25-,26-,27-,28+,29-,30+,31+,32+,33+,34+/m1/s1. The first-order valence-electron chi connectivity index (χ1n) is 19.4. The molecule has 0 aliphatic carbocycles. The minimum absolute atomic E-state index is 0.727. The zero-order valence-corrected chi connectivity index (χ0v) is 33.2. The van der Waals surface area contributed by atoms with Crippen molar-refractivity contribution in [2.75, 3.05) is 33.0 Å². The van der Waals surface area contributed by atoms with Crippen molar-refractivity contribution in [3.05, 3.63) is 0 Å². The van der Waals surface area contributed by atoms with Crippen LogP contribution in [0.5, 0.6) is 0 Å². The lowest BCUT2D eigenvalue weighted by Crippen LogP contribution is -2.70. The second-order valence-electron chi connectivity index (χ2n) is 15.2. The summed E-state index contributed by atoms with van der Waals surface area (Å²) in [5.74, 6) is -1.51. The van der Waals surface area contributed by atoms with Crippen LogP contribution in [0, 0.1) is 0 Å². The average Bonchev–Trinajstić information content (AvgIpc) is 3.22. The number of nitrogens with one attached hydrogen (secondary N) is 2. The highest BCUT2D eigenvalue weighted by molar-refractivity contribution is 5.73. The first-order valence-corrected chi connectivity index (χ1v) is 19.4. The number of hydrogen-bond acceptors (Lipinski definition) is 25. The first kappa shape index (κ1) is 51.7. The molecule has 4 saturated heterocycles. The Morgan fingerprint density at radius 3 is 1.61 bits per heavy atom. The highest BCUT2D eigenvalue weighted by Gasteiger charge is 2.56. The number of ether oxygens (including phenoxy) is 8. The van der Waals surface area contributed by atoms with Gasteiger partial charge in [-0.3, -0.25) is 9.59 Å². The minimum atomic E-state index is -2.16. The van der Waals surface area contributed by atoms with Crippen LogP contribution in [0.2, 0.25) is 0 Å². The average molecular weight is 897 g/mol.